The number of halogens is 1. The maximum Gasteiger partial charge on any atom is 0.411 e. The first kappa shape index (κ1) is 20.6. The van der Waals surface area contributed by atoms with Crippen molar-refractivity contribution in [1.29, 1.82) is 0 Å². The zero-order chi connectivity index (χ0) is 20.6. The molecule has 0 bridgehead atoms. The number of hydrogen-bond donors (Lipinski definition) is 2. The zero-order valence-corrected chi connectivity index (χ0v) is 16.3. The number of rotatable bonds is 6. The van der Waals surface area contributed by atoms with Crippen LogP contribution in [0.25, 0.3) is 0 Å². The Morgan fingerprint density at radius 3 is 2.69 bits per heavy atom. The van der Waals surface area contributed by atoms with Gasteiger partial charge in [0.25, 0.3) is 5.91 Å². The molecule has 0 unspecified atom stereocenters. The monoisotopic (exact) mass is 400 g/mol. The van der Waals surface area contributed by atoms with Gasteiger partial charge < -0.3 is 14.8 Å². The van der Waals surface area contributed by atoms with E-state index in [1.807, 2.05) is 31.2 Å². The minimum atomic E-state index is -0.587. The first-order valence-electron chi connectivity index (χ1n) is 9.70. The Kier molecular flexibility index (Phi) is 7.05. The van der Waals surface area contributed by atoms with Gasteiger partial charge in [0.2, 0.25) is 0 Å². The average Bonchev–Trinajstić information content (AvgIpc) is 2.68. The molecule has 2 aromatic carbocycles. The van der Waals surface area contributed by atoms with Crippen molar-refractivity contribution in [3.05, 3.63) is 59.9 Å². The number of benzene rings is 2. The summed E-state index contributed by atoms with van der Waals surface area (Å²) in [6, 6.07) is 12.9. The number of nitrogens with one attached hydrogen (secondary N) is 2. The van der Waals surface area contributed by atoms with Gasteiger partial charge in [-0.2, -0.15) is 0 Å². The number of aryl methyl sites for hydroxylation is 1. The Hall–Kier alpha value is -3.09. The van der Waals surface area contributed by atoms with Crippen molar-refractivity contribution in [2.24, 2.45) is 0 Å². The molecule has 0 aromatic heterocycles. The lowest BCUT2D eigenvalue weighted by Gasteiger charge is -2.29. The van der Waals surface area contributed by atoms with Gasteiger partial charge in [-0.15, -0.1) is 0 Å². The van der Waals surface area contributed by atoms with Crippen LogP contribution < -0.4 is 15.4 Å². The second kappa shape index (κ2) is 9.91. The summed E-state index contributed by atoms with van der Waals surface area (Å²) < 4.78 is 23.9. The van der Waals surface area contributed by atoms with E-state index in [1.54, 1.807) is 0 Å². The SMILES string of the molecule is Cc1cccc(OCC(=O)N[C@H]2CCC[C@@H](OC(=O)Nc3ccc(F)cc3)C2)c1. The van der Waals surface area contributed by atoms with Crippen LogP contribution in [0, 0.1) is 12.7 Å². The molecule has 2 amide bonds. The van der Waals surface area contributed by atoms with Crippen LogP contribution in [0.1, 0.15) is 31.2 Å². The fourth-order valence-electron chi connectivity index (χ4n) is 3.34. The van der Waals surface area contributed by atoms with Crippen molar-refractivity contribution in [1.82, 2.24) is 5.32 Å². The lowest BCUT2D eigenvalue weighted by molar-refractivity contribution is -0.124. The van der Waals surface area contributed by atoms with Crippen LogP contribution in [0.3, 0.4) is 0 Å². The van der Waals surface area contributed by atoms with Gasteiger partial charge in [0.1, 0.15) is 17.7 Å². The standard InChI is InChI=1S/C22H25FN2O4/c1-15-4-2-6-19(12-15)28-14-21(26)24-18-5-3-7-20(13-18)29-22(27)25-17-10-8-16(23)9-11-17/h2,4,6,8-12,18,20H,3,5,7,13-14H2,1H3,(H,24,26)(H,25,27)/t18-,20+/m0/s1. The first-order valence-corrected chi connectivity index (χ1v) is 9.70. The summed E-state index contributed by atoms with van der Waals surface area (Å²) in [6.45, 7) is 1.90. The Labute approximate surface area is 169 Å². The number of anilines is 1. The molecule has 2 N–H and O–H groups in total. The van der Waals surface area contributed by atoms with E-state index in [0.717, 1.165) is 24.8 Å². The highest BCUT2D eigenvalue weighted by Gasteiger charge is 2.26. The molecule has 0 spiro atoms. The van der Waals surface area contributed by atoms with Crippen LogP contribution in [0.5, 0.6) is 5.75 Å². The summed E-state index contributed by atoms with van der Waals surface area (Å²) in [7, 11) is 0. The number of amides is 2. The highest BCUT2D eigenvalue weighted by Crippen LogP contribution is 2.22. The topological polar surface area (TPSA) is 76.7 Å². The molecule has 0 radical (unpaired) electrons. The summed E-state index contributed by atoms with van der Waals surface area (Å²) in [5.74, 6) is 0.0801. The number of ether oxygens (including phenoxy) is 2. The predicted octanol–water partition coefficient (Wildman–Crippen LogP) is 4.19. The normalized spacial score (nSPS) is 18.6. The van der Waals surface area contributed by atoms with Gasteiger partial charge in [-0.3, -0.25) is 10.1 Å². The Balaban J connectivity index is 1.41. The third kappa shape index (κ3) is 6.78. The molecule has 2 aromatic rings. The van der Waals surface area contributed by atoms with Crippen molar-refractivity contribution in [2.45, 2.75) is 44.8 Å². The van der Waals surface area contributed by atoms with E-state index >= 15 is 0 Å². The molecule has 0 heterocycles. The average molecular weight is 400 g/mol. The van der Waals surface area contributed by atoms with E-state index in [2.05, 4.69) is 10.6 Å². The molecule has 7 heteroatoms. The summed E-state index contributed by atoms with van der Waals surface area (Å²) in [5, 5.41) is 5.53. The summed E-state index contributed by atoms with van der Waals surface area (Å²) in [5.41, 5.74) is 1.53. The Bertz CT molecular complexity index is 841. The highest BCUT2D eigenvalue weighted by atomic mass is 19.1. The van der Waals surface area contributed by atoms with Crippen molar-refractivity contribution < 1.29 is 23.5 Å². The highest BCUT2D eigenvalue weighted by molar-refractivity contribution is 5.84. The summed E-state index contributed by atoms with van der Waals surface area (Å²) in [4.78, 5) is 24.2. The van der Waals surface area contributed by atoms with E-state index in [0.29, 0.717) is 17.9 Å². The second-order valence-corrected chi connectivity index (χ2v) is 7.20. The van der Waals surface area contributed by atoms with E-state index < -0.39 is 6.09 Å². The molecule has 154 valence electrons. The third-order valence-electron chi connectivity index (χ3n) is 4.72. The zero-order valence-electron chi connectivity index (χ0n) is 16.3. The fourth-order valence-corrected chi connectivity index (χ4v) is 3.34. The molecular formula is C22H25FN2O4. The predicted molar refractivity (Wildman–Crippen MR) is 107 cm³/mol. The maximum atomic E-state index is 12.9. The van der Waals surface area contributed by atoms with Crippen molar-refractivity contribution >= 4 is 17.7 Å². The summed E-state index contributed by atoms with van der Waals surface area (Å²) >= 11 is 0. The molecule has 3 rings (SSSR count). The molecule has 1 aliphatic rings. The van der Waals surface area contributed by atoms with E-state index in [9.17, 15) is 14.0 Å². The van der Waals surface area contributed by atoms with Crippen LogP contribution in [0.15, 0.2) is 48.5 Å². The number of carbonyl (C=O) groups excluding carboxylic acids is 2. The second-order valence-electron chi connectivity index (χ2n) is 7.20. The molecule has 1 saturated carbocycles. The summed E-state index contributed by atoms with van der Waals surface area (Å²) in [6.07, 6.45) is 2.09. The Morgan fingerprint density at radius 2 is 1.93 bits per heavy atom. The lowest BCUT2D eigenvalue weighted by atomic mass is 9.93. The number of hydrogen-bond acceptors (Lipinski definition) is 4. The van der Waals surface area contributed by atoms with Crippen LogP contribution in [0.4, 0.5) is 14.9 Å². The molecule has 1 fully saturated rings. The minimum absolute atomic E-state index is 0.0590. The van der Waals surface area contributed by atoms with Gasteiger partial charge in [-0.05, 0) is 68.1 Å². The molecule has 1 aliphatic carbocycles. The quantitative estimate of drug-likeness (QED) is 0.762. The third-order valence-corrected chi connectivity index (χ3v) is 4.72. The molecule has 29 heavy (non-hydrogen) atoms. The Morgan fingerprint density at radius 1 is 1.14 bits per heavy atom. The van der Waals surface area contributed by atoms with Crippen LogP contribution in [0.2, 0.25) is 0 Å². The lowest BCUT2D eigenvalue weighted by Crippen LogP contribution is -2.43. The van der Waals surface area contributed by atoms with Gasteiger partial charge in [0.15, 0.2) is 6.61 Å². The minimum Gasteiger partial charge on any atom is -0.484 e. The molecule has 0 aliphatic heterocycles. The van der Waals surface area contributed by atoms with Crippen molar-refractivity contribution in [3.63, 3.8) is 0 Å². The smallest absolute Gasteiger partial charge is 0.411 e. The molecule has 6 nitrogen and oxygen atoms in total. The largest absolute Gasteiger partial charge is 0.484 e. The van der Waals surface area contributed by atoms with Crippen molar-refractivity contribution in [3.8, 4) is 5.75 Å². The van der Waals surface area contributed by atoms with Crippen LogP contribution in [-0.2, 0) is 9.53 Å². The maximum absolute atomic E-state index is 12.9. The van der Waals surface area contributed by atoms with E-state index in [-0.39, 0.29) is 30.5 Å². The van der Waals surface area contributed by atoms with Crippen molar-refractivity contribution in [2.75, 3.05) is 11.9 Å². The van der Waals surface area contributed by atoms with Gasteiger partial charge in [0.05, 0.1) is 0 Å². The molecule has 0 saturated heterocycles. The van der Waals surface area contributed by atoms with Gasteiger partial charge in [0, 0.05) is 18.2 Å². The van der Waals surface area contributed by atoms with Gasteiger partial charge in [-0.1, -0.05) is 12.1 Å². The van der Waals surface area contributed by atoms with Gasteiger partial charge >= 0.3 is 6.09 Å². The number of carbonyl (C=O) groups is 2. The van der Waals surface area contributed by atoms with E-state index in [1.165, 1.54) is 24.3 Å². The van der Waals surface area contributed by atoms with Crippen LogP contribution in [-0.4, -0.2) is 30.8 Å². The first-order chi connectivity index (χ1) is 14.0. The van der Waals surface area contributed by atoms with Gasteiger partial charge in [-0.25, -0.2) is 9.18 Å². The van der Waals surface area contributed by atoms with E-state index in [4.69, 9.17) is 9.47 Å². The molecule has 2 atom stereocenters. The molecular weight excluding hydrogens is 375 g/mol. The fraction of sp³-hybridized carbons (Fsp3) is 0.364. The van der Waals surface area contributed by atoms with Crippen LogP contribution >= 0.6 is 0 Å².